The van der Waals surface area contributed by atoms with E-state index in [1.54, 1.807) is 7.11 Å². The van der Waals surface area contributed by atoms with Gasteiger partial charge in [-0.15, -0.1) is 0 Å². The van der Waals surface area contributed by atoms with Crippen molar-refractivity contribution in [2.75, 3.05) is 56.2 Å². The van der Waals surface area contributed by atoms with Crippen LogP contribution in [-0.4, -0.2) is 61.2 Å². The van der Waals surface area contributed by atoms with Crippen molar-refractivity contribution >= 4 is 11.6 Å². The average Bonchev–Trinajstić information content (AvgIpc) is 2.73. The van der Waals surface area contributed by atoms with Gasteiger partial charge in [0.15, 0.2) is 0 Å². The highest BCUT2D eigenvalue weighted by atomic mass is 16.5. The summed E-state index contributed by atoms with van der Waals surface area (Å²) in [5, 5.41) is 0. The number of hydrogen-bond acceptors (Lipinski definition) is 6. The molecule has 0 atom stereocenters. The average molecular weight is 382 g/mol. The number of fused-ring (bicyclic) bond motifs is 1. The molecule has 0 aliphatic carbocycles. The lowest BCUT2D eigenvalue weighted by Crippen LogP contribution is -2.47. The number of anilines is 2. The monoisotopic (exact) mass is 381 g/mol. The minimum atomic E-state index is 0.698. The number of ether oxygens (including phenoxy) is 1. The van der Waals surface area contributed by atoms with Crippen molar-refractivity contribution in [3.8, 4) is 5.75 Å². The molecule has 0 radical (unpaired) electrons. The first kappa shape index (κ1) is 19.0. The molecule has 1 aromatic heterocycles. The Morgan fingerprint density at radius 1 is 1.00 bits per heavy atom. The number of benzene rings is 1. The van der Waals surface area contributed by atoms with Crippen LogP contribution in [0.5, 0.6) is 5.75 Å². The van der Waals surface area contributed by atoms with Crippen molar-refractivity contribution < 1.29 is 4.74 Å². The second kappa shape index (κ2) is 8.35. The van der Waals surface area contributed by atoms with Crippen LogP contribution >= 0.6 is 0 Å². The molecule has 6 heteroatoms. The Labute approximate surface area is 168 Å². The summed E-state index contributed by atoms with van der Waals surface area (Å²) < 4.78 is 5.26. The molecule has 0 unspecified atom stereocenters. The second-order valence-corrected chi connectivity index (χ2v) is 8.19. The fraction of sp³-hybridized carbons (Fsp3) is 0.545. The van der Waals surface area contributed by atoms with E-state index in [0.717, 1.165) is 63.9 Å². The standard InChI is InChI=1S/C22H31N5O/c1-17(2)15-25-9-8-21-18(16-25)14-23-22(24-21)27-12-10-26(11-13-27)19-4-6-20(28-3)7-5-19/h4-7,14,17H,8-13,15-16H2,1-3H3. The summed E-state index contributed by atoms with van der Waals surface area (Å²) in [5.41, 5.74) is 3.78. The smallest absolute Gasteiger partial charge is 0.225 e. The van der Waals surface area contributed by atoms with Gasteiger partial charge < -0.3 is 14.5 Å². The van der Waals surface area contributed by atoms with Crippen molar-refractivity contribution in [2.45, 2.75) is 26.8 Å². The Hall–Kier alpha value is -2.34. The summed E-state index contributed by atoms with van der Waals surface area (Å²) in [6, 6.07) is 8.31. The first-order valence-corrected chi connectivity index (χ1v) is 10.3. The first-order valence-electron chi connectivity index (χ1n) is 10.3. The van der Waals surface area contributed by atoms with Gasteiger partial charge in [-0.05, 0) is 30.2 Å². The van der Waals surface area contributed by atoms with Crippen molar-refractivity contribution in [3.05, 3.63) is 41.7 Å². The highest BCUT2D eigenvalue weighted by Crippen LogP contribution is 2.23. The SMILES string of the molecule is COc1ccc(N2CCN(c3ncc4c(n3)CCN(CC(C)C)C4)CC2)cc1. The lowest BCUT2D eigenvalue weighted by Gasteiger charge is -2.36. The third-order valence-electron chi connectivity index (χ3n) is 5.62. The third kappa shape index (κ3) is 4.22. The molecule has 4 rings (SSSR count). The van der Waals surface area contributed by atoms with Crippen LogP contribution in [0.15, 0.2) is 30.5 Å². The third-order valence-corrected chi connectivity index (χ3v) is 5.62. The summed E-state index contributed by atoms with van der Waals surface area (Å²) in [7, 11) is 1.70. The van der Waals surface area contributed by atoms with Gasteiger partial charge in [0, 0.05) is 69.7 Å². The number of rotatable bonds is 5. The Bertz CT molecular complexity index is 784. The van der Waals surface area contributed by atoms with E-state index in [0.29, 0.717) is 5.92 Å². The number of nitrogens with zero attached hydrogens (tertiary/aromatic N) is 5. The van der Waals surface area contributed by atoms with Crippen LogP contribution in [0.1, 0.15) is 25.1 Å². The number of aromatic nitrogens is 2. The van der Waals surface area contributed by atoms with E-state index in [9.17, 15) is 0 Å². The largest absolute Gasteiger partial charge is 0.497 e. The van der Waals surface area contributed by atoms with Gasteiger partial charge in [-0.3, -0.25) is 4.90 Å². The van der Waals surface area contributed by atoms with E-state index in [-0.39, 0.29) is 0 Å². The molecule has 0 amide bonds. The molecule has 1 fully saturated rings. The molecule has 28 heavy (non-hydrogen) atoms. The van der Waals surface area contributed by atoms with Gasteiger partial charge in [0.05, 0.1) is 12.8 Å². The van der Waals surface area contributed by atoms with Crippen molar-refractivity contribution in [2.24, 2.45) is 5.92 Å². The van der Waals surface area contributed by atoms with Gasteiger partial charge in [-0.1, -0.05) is 13.8 Å². The quantitative estimate of drug-likeness (QED) is 0.794. The Morgan fingerprint density at radius 3 is 2.39 bits per heavy atom. The summed E-state index contributed by atoms with van der Waals surface area (Å²) in [4.78, 5) is 16.9. The number of methoxy groups -OCH3 is 1. The van der Waals surface area contributed by atoms with Crippen LogP contribution in [0.3, 0.4) is 0 Å². The van der Waals surface area contributed by atoms with Crippen LogP contribution in [0.2, 0.25) is 0 Å². The molecule has 150 valence electrons. The normalized spacial score (nSPS) is 17.7. The molecule has 0 bridgehead atoms. The zero-order valence-electron chi connectivity index (χ0n) is 17.3. The van der Waals surface area contributed by atoms with Crippen LogP contribution < -0.4 is 14.5 Å². The predicted octanol–water partition coefficient (Wildman–Crippen LogP) is 2.83. The topological polar surface area (TPSA) is 44.7 Å². The summed E-state index contributed by atoms with van der Waals surface area (Å²) >= 11 is 0. The van der Waals surface area contributed by atoms with E-state index >= 15 is 0 Å². The van der Waals surface area contributed by atoms with Crippen LogP contribution in [0, 0.1) is 5.92 Å². The highest BCUT2D eigenvalue weighted by molar-refractivity contribution is 5.50. The molecule has 1 aromatic carbocycles. The van der Waals surface area contributed by atoms with Crippen molar-refractivity contribution in [1.82, 2.24) is 14.9 Å². The maximum absolute atomic E-state index is 5.26. The second-order valence-electron chi connectivity index (χ2n) is 8.19. The summed E-state index contributed by atoms with van der Waals surface area (Å²) in [6.07, 6.45) is 3.09. The molecule has 2 aliphatic heterocycles. The maximum atomic E-state index is 5.26. The molecular weight excluding hydrogens is 350 g/mol. The van der Waals surface area contributed by atoms with E-state index in [1.807, 2.05) is 12.1 Å². The molecule has 1 saturated heterocycles. The fourth-order valence-electron chi connectivity index (χ4n) is 4.15. The predicted molar refractivity (Wildman–Crippen MR) is 113 cm³/mol. The van der Waals surface area contributed by atoms with E-state index in [2.05, 4.69) is 46.9 Å². The molecule has 2 aromatic rings. The summed E-state index contributed by atoms with van der Waals surface area (Å²) in [5.74, 6) is 2.49. The lowest BCUT2D eigenvalue weighted by atomic mass is 10.1. The molecule has 0 spiro atoms. The Kier molecular flexibility index (Phi) is 5.67. The van der Waals surface area contributed by atoms with E-state index < -0.39 is 0 Å². The molecule has 0 saturated carbocycles. The van der Waals surface area contributed by atoms with Gasteiger partial charge >= 0.3 is 0 Å². The van der Waals surface area contributed by atoms with Crippen LogP contribution in [0.25, 0.3) is 0 Å². The van der Waals surface area contributed by atoms with E-state index in [1.165, 1.54) is 16.9 Å². The van der Waals surface area contributed by atoms with Crippen LogP contribution in [0.4, 0.5) is 11.6 Å². The molecule has 3 heterocycles. The lowest BCUT2D eigenvalue weighted by molar-refractivity contribution is 0.224. The van der Waals surface area contributed by atoms with Gasteiger partial charge in [-0.2, -0.15) is 0 Å². The highest BCUT2D eigenvalue weighted by Gasteiger charge is 2.23. The fourth-order valence-corrected chi connectivity index (χ4v) is 4.15. The first-order chi connectivity index (χ1) is 13.6. The van der Waals surface area contributed by atoms with Crippen molar-refractivity contribution in [3.63, 3.8) is 0 Å². The number of hydrogen-bond donors (Lipinski definition) is 0. The van der Waals surface area contributed by atoms with E-state index in [4.69, 9.17) is 14.7 Å². The zero-order valence-corrected chi connectivity index (χ0v) is 17.3. The van der Waals surface area contributed by atoms with Gasteiger partial charge in [0.25, 0.3) is 0 Å². The molecule has 6 nitrogen and oxygen atoms in total. The van der Waals surface area contributed by atoms with Gasteiger partial charge in [0.1, 0.15) is 5.75 Å². The van der Waals surface area contributed by atoms with Crippen LogP contribution in [-0.2, 0) is 13.0 Å². The molecule has 2 aliphatic rings. The molecular formula is C22H31N5O. The Balaban J connectivity index is 1.37. The maximum Gasteiger partial charge on any atom is 0.225 e. The van der Waals surface area contributed by atoms with Gasteiger partial charge in [0.2, 0.25) is 5.95 Å². The Morgan fingerprint density at radius 2 is 1.71 bits per heavy atom. The minimum absolute atomic E-state index is 0.698. The summed E-state index contributed by atoms with van der Waals surface area (Å²) in [6.45, 7) is 11.7. The zero-order chi connectivity index (χ0) is 19.5. The number of piperazine rings is 1. The molecule has 0 N–H and O–H groups in total. The van der Waals surface area contributed by atoms with Crippen molar-refractivity contribution in [1.29, 1.82) is 0 Å². The minimum Gasteiger partial charge on any atom is -0.497 e. The van der Waals surface area contributed by atoms with Gasteiger partial charge in [-0.25, -0.2) is 9.97 Å².